The van der Waals surface area contributed by atoms with Crippen LogP contribution in [0.1, 0.15) is 43.6 Å². The van der Waals surface area contributed by atoms with Crippen LogP contribution in [0.25, 0.3) is 0 Å². The first kappa shape index (κ1) is 11.1. The molecule has 0 amide bonds. The van der Waals surface area contributed by atoms with Gasteiger partial charge >= 0.3 is 0 Å². The summed E-state index contributed by atoms with van der Waals surface area (Å²) in [6.07, 6.45) is 3.22. The Morgan fingerprint density at radius 1 is 1.50 bits per heavy atom. The number of hydrogen-bond acceptors (Lipinski definition) is 3. The quantitative estimate of drug-likeness (QED) is 0.751. The molecular formula is C11H18N2O. The maximum Gasteiger partial charge on any atom is 0.0853 e. The van der Waals surface area contributed by atoms with Crippen LogP contribution in [0.4, 0.5) is 0 Å². The second kappa shape index (κ2) is 5.73. The normalized spacial score (nSPS) is 12.8. The first-order valence-corrected chi connectivity index (χ1v) is 5.10. The van der Waals surface area contributed by atoms with E-state index in [1.165, 1.54) is 0 Å². The van der Waals surface area contributed by atoms with Gasteiger partial charge in [0.1, 0.15) is 0 Å². The smallest absolute Gasteiger partial charge is 0.0853 e. The van der Waals surface area contributed by atoms with Crippen molar-refractivity contribution in [1.82, 2.24) is 4.98 Å². The number of nitrogens with zero attached hydrogens (tertiary/aromatic N) is 1. The minimum absolute atomic E-state index is 0.00134. The van der Waals surface area contributed by atoms with E-state index in [1.54, 1.807) is 6.07 Å². The minimum atomic E-state index is -0.0195. The molecule has 0 saturated carbocycles. The monoisotopic (exact) mass is 194 g/mol. The number of pyridine rings is 1. The number of rotatable bonds is 5. The average Bonchev–Trinajstić information content (AvgIpc) is 2.26. The lowest BCUT2D eigenvalue weighted by atomic mass is 10.1. The maximum absolute atomic E-state index is 8.92. The van der Waals surface area contributed by atoms with Crippen LogP contribution in [-0.4, -0.2) is 10.1 Å². The van der Waals surface area contributed by atoms with Gasteiger partial charge in [-0.3, -0.25) is 4.98 Å². The Labute approximate surface area is 85.0 Å². The zero-order valence-electron chi connectivity index (χ0n) is 8.61. The molecule has 0 aliphatic carbocycles. The molecule has 0 aromatic carbocycles. The van der Waals surface area contributed by atoms with Gasteiger partial charge in [-0.15, -0.1) is 0 Å². The van der Waals surface area contributed by atoms with E-state index >= 15 is 0 Å². The van der Waals surface area contributed by atoms with Crippen molar-refractivity contribution in [1.29, 1.82) is 0 Å². The molecule has 0 saturated heterocycles. The van der Waals surface area contributed by atoms with Crippen LogP contribution in [0, 0.1) is 0 Å². The van der Waals surface area contributed by atoms with Crippen LogP contribution in [0.5, 0.6) is 0 Å². The van der Waals surface area contributed by atoms with Gasteiger partial charge < -0.3 is 10.8 Å². The predicted octanol–water partition coefficient (Wildman–Crippen LogP) is 1.76. The fraction of sp³-hybridized carbons (Fsp3) is 0.545. The molecule has 1 atom stereocenters. The molecule has 0 radical (unpaired) electrons. The number of aromatic nitrogens is 1. The zero-order chi connectivity index (χ0) is 10.4. The fourth-order valence-corrected chi connectivity index (χ4v) is 1.36. The third-order valence-corrected chi connectivity index (χ3v) is 2.24. The van der Waals surface area contributed by atoms with E-state index in [1.807, 2.05) is 12.1 Å². The van der Waals surface area contributed by atoms with Gasteiger partial charge in [0.2, 0.25) is 0 Å². The SMILES string of the molecule is CCCCC(N)c1cccc(CO)n1. The summed E-state index contributed by atoms with van der Waals surface area (Å²) in [5, 5.41) is 8.92. The summed E-state index contributed by atoms with van der Waals surface area (Å²) in [5.41, 5.74) is 7.53. The molecule has 1 aromatic rings. The molecular weight excluding hydrogens is 176 g/mol. The van der Waals surface area contributed by atoms with Gasteiger partial charge in [-0.25, -0.2) is 0 Å². The van der Waals surface area contributed by atoms with Crippen molar-refractivity contribution in [3.63, 3.8) is 0 Å². The minimum Gasteiger partial charge on any atom is -0.390 e. The molecule has 1 rings (SSSR count). The molecule has 0 fully saturated rings. The first-order chi connectivity index (χ1) is 6.77. The van der Waals surface area contributed by atoms with Crippen molar-refractivity contribution in [2.45, 2.75) is 38.8 Å². The van der Waals surface area contributed by atoms with Gasteiger partial charge in [0.15, 0.2) is 0 Å². The second-order valence-electron chi connectivity index (χ2n) is 3.46. The van der Waals surface area contributed by atoms with Gasteiger partial charge in [-0.05, 0) is 18.6 Å². The third kappa shape index (κ3) is 3.09. The summed E-state index contributed by atoms with van der Waals surface area (Å²) in [7, 11) is 0. The largest absolute Gasteiger partial charge is 0.390 e. The fourth-order valence-electron chi connectivity index (χ4n) is 1.36. The number of hydrogen-bond donors (Lipinski definition) is 2. The van der Waals surface area contributed by atoms with E-state index in [4.69, 9.17) is 10.8 Å². The van der Waals surface area contributed by atoms with E-state index in [-0.39, 0.29) is 12.6 Å². The molecule has 0 bridgehead atoms. The van der Waals surface area contributed by atoms with Crippen molar-refractivity contribution < 1.29 is 5.11 Å². The summed E-state index contributed by atoms with van der Waals surface area (Å²) in [5.74, 6) is 0. The van der Waals surface area contributed by atoms with Crippen molar-refractivity contribution in [3.05, 3.63) is 29.6 Å². The van der Waals surface area contributed by atoms with Crippen molar-refractivity contribution >= 4 is 0 Å². The summed E-state index contributed by atoms with van der Waals surface area (Å²) in [6.45, 7) is 2.12. The van der Waals surface area contributed by atoms with E-state index in [2.05, 4.69) is 11.9 Å². The number of aliphatic hydroxyl groups excluding tert-OH is 1. The van der Waals surface area contributed by atoms with E-state index in [0.717, 1.165) is 25.0 Å². The number of unbranched alkanes of at least 4 members (excludes halogenated alkanes) is 1. The summed E-state index contributed by atoms with van der Waals surface area (Å²) in [6, 6.07) is 5.61. The van der Waals surface area contributed by atoms with Crippen LogP contribution in [0.3, 0.4) is 0 Å². The lowest BCUT2D eigenvalue weighted by Gasteiger charge is -2.10. The molecule has 1 heterocycles. The van der Waals surface area contributed by atoms with Gasteiger partial charge in [0, 0.05) is 6.04 Å². The van der Waals surface area contributed by atoms with E-state index in [0.29, 0.717) is 5.69 Å². The highest BCUT2D eigenvalue weighted by Gasteiger charge is 2.06. The van der Waals surface area contributed by atoms with E-state index < -0.39 is 0 Å². The molecule has 3 heteroatoms. The molecule has 1 unspecified atom stereocenters. The second-order valence-corrected chi connectivity index (χ2v) is 3.46. The maximum atomic E-state index is 8.92. The molecule has 3 nitrogen and oxygen atoms in total. The highest BCUT2D eigenvalue weighted by Crippen LogP contribution is 2.14. The number of aliphatic hydroxyl groups is 1. The highest BCUT2D eigenvalue weighted by atomic mass is 16.3. The molecule has 0 spiro atoms. The predicted molar refractivity (Wildman–Crippen MR) is 56.6 cm³/mol. The van der Waals surface area contributed by atoms with Crippen molar-refractivity contribution in [3.8, 4) is 0 Å². The molecule has 3 N–H and O–H groups in total. The van der Waals surface area contributed by atoms with Crippen LogP contribution in [0.2, 0.25) is 0 Å². The first-order valence-electron chi connectivity index (χ1n) is 5.10. The molecule has 78 valence electrons. The average molecular weight is 194 g/mol. The number of nitrogens with two attached hydrogens (primary N) is 1. The Hall–Kier alpha value is -0.930. The lowest BCUT2D eigenvalue weighted by Crippen LogP contribution is -2.12. The lowest BCUT2D eigenvalue weighted by molar-refractivity contribution is 0.276. The summed E-state index contributed by atoms with van der Waals surface area (Å²) in [4.78, 5) is 4.27. The Balaban J connectivity index is 2.64. The topological polar surface area (TPSA) is 59.1 Å². The molecule has 14 heavy (non-hydrogen) atoms. The Morgan fingerprint density at radius 3 is 2.93 bits per heavy atom. The summed E-state index contributed by atoms with van der Waals surface area (Å²) < 4.78 is 0. The van der Waals surface area contributed by atoms with Gasteiger partial charge in [-0.2, -0.15) is 0 Å². The standard InChI is InChI=1S/C11H18N2O/c1-2-3-6-10(12)11-7-4-5-9(8-14)13-11/h4-5,7,10,14H,2-3,6,8,12H2,1H3. The summed E-state index contributed by atoms with van der Waals surface area (Å²) >= 11 is 0. The van der Waals surface area contributed by atoms with Crippen LogP contribution in [-0.2, 0) is 6.61 Å². The Kier molecular flexibility index (Phi) is 4.56. The highest BCUT2D eigenvalue weighted by molar-refractivity contribution is 5.13. The van der Waals surface area contributed by atoms with Crippen LogP contribution in [0.15, 0.2) is 18.2 Å². The molecule has 0 aliphatic rings. The molecule has 1 aromatic heterocycles. The zero-order valence-corrected chi connectivity index (χ0v) is 8.61. The van der Waals surface area contributed by atoms with Gasteiger partial charge in [0.05, 0.1) is 18.0 Å². The van der Waals surface area contributed by atoms with Gasteiger partial charge in [-0.1, -0.05) is 25.8 Å². The Bertz CT molecular complexity index is 276. The van der Waals surface area contributed by atoms with Crippen molar-refractivity contribution in [2.75, 3.05) is 0 Å². The van der Waals surface area contributed by atoms with Crippen LogP contribution >= 0.6 is 0 Å². The van der Waals surface area contributed by atoms with Crippen molar-refractivity contribution in [2.24, 2.45) is 5.73 Å². The van der Waals surface area contributed by atoms with E-state index in [9.17, 15) is 0 Å². The van der Waals surface area contributed by atoms with Gasteiger partial charge in [0.25, 0.3) is 0 Å². The molecule has 0 aliphatic heterocycles. The Morgan fingerprint density at radius 2 is 2.29 bits per heavy atom. The third-order valence-electron chi connectivity index (χ3n) is 2.24. The van der Waals surface area contributed by atoms with Crippen LogP contribution < -0.4 is 5.73 Å².